The maximum absolute atomic E-state index is 3.81. The summed E-state index contributed by atoms with van der Waals surface area (Å²) < 4.78 is 0. The van der Waals surface area contributed by atoms with Crippen molar-refractivity contribution >= 4 is 0 Å². The van der Waals surface area contributed by atoms with Crippen LogP contribution in [0.25, 0.3) is 0 Å². The van der Waals surface area contributed by atoms with Crippen molar-refractivity contribution < 1.29 is 0 Å². The Morgan fingerprint density at radius 1 is 1.21 bits per heavy atom. The molecule has 3 atom stereocenters. The first-order valence-electron chi connectivity index (χ1n) is 8.05. The molecule has 1 aliphatic rings. The maximum atomic E-state index is 3.81. The van der Waals surface area contributed by atoms with E-state index in [0.29, 0.717) is 6.04 Å². The van der Waals surface area contributed by atoms with Crippen molar-refractivity contribution in [2.75, 3.05) is 6.54 Å². The molecule has 1 aromatic carbocycles. The Kier molecular flexibility index (Phi) is 5.45. The van der Waals surface area contributed by atoms with Crippen LogP contribution in [0.3, 0.4) is 0 Å². The van der Waals surface area contributed by atoms with E-state index in [1.54, 1.807) is 0 Å². The summed E-state index contributed by atoms with van der Waals surface area (Å²) in [5, 5.41) is 3.81. The first-order valence-corrected chi connectivity index (χ1v) is 8.05. The van der Waals surface area contributed by atoms with Gasteiger partial charge in [0.05, 0.1) is 0 Å². The molecule has 1 nitrogen and oxygen atoms in total. The van der Waals surface area contributed by atoms with Crippen molar-refractivity contribution in [1.29, 1.82) is 0 Å². The van der Waals surface area contributed by atoms with Gasteiger partial charge in [-0.2, -0.15) is 0 Å². The van der Waals surface area contributed by atoms with Crippen LogP contribution in [-0.2, 0) is 0 Å². The molecule has 0 saturated heterocycles. The lowest BCUT2D eigenvalue weighted by atomic mass is 9.88. The second kappa shape index (κ2) is 7.09. The van der Waals surface area contributed by atoms with Crippen LogP contribution < -0.4 is 5.32 Å². The van der Waals surface area contributed by atoms with Crippen molar-refractivity contribution in [3.63, 3.8) is 0 Å². The van der Waals surface area contributed by atoms with Gasteiger partial charge in [0.15, 0.2) is 0 Å². The van der Waals surface area contributed by atoms with Crippen LogP contribution in [-0.4, -0.2) is 6.54 Å². The molecule has 1 heteroatoms. The van der Waals surface area contributed by atoms with E-state index in [4.69, 9.17) is 0 Å². The molecular formula is C18H29N. The zero-order chi connectivity index (χ0) is 13.7. The molecule has 0 radical (unpaired) electrons. The van der Waals surface area contributed by atoms with E-state index in [2.05, 4.69) is 50.4 Å². The van der Waals surface area contributed by atoms with Crippen LogP contribution in [0, 0.1) is 18.8 Å². The quantitative estimate of drug-likeness (QED) is 0.769. The van der Waals surface area contributed by atoms with Gasteiger partial charge in [-0.15, -0.1) is 0 Å². The summed E-state index contributed by atoms with van der Waals surface area (Å²) in [6.07, 6.45) is 6.80. The minimum atomic E-state index is 0.567. The highest BCUT2D eigenvalue weighted by molar-refractivity contribution is 5.29. The van der Waals surface area contributed by atoms with Crippen LogP contribution in [0.2, 0.25) is 0 Å². The third kappa shape index (κ3) is 3.60. The number of hydrogen-bond donors (Lipinski definition) is 1. The van der Waals surface area contributed by atoms with Gasteiger partial charge in [-0.1, -0.05) is 51.0 Å². The number of hydrogen-bond acceptors (Lipinski definition) is 1. The topological polar surface area (TPSA) is 12.0 Å². The standard InChI is InChI=1S/C18H29N/c1-4-12-19-18(16-11-10-15(5-2)13-16)17-9-7-6-8-14(17)3/h6-9,15-16,18-19H,4-5,10-13H2,1-3H3. The first kappa shape index (κ1) is 14.6. The minimum absolute atomic E-state index is 0.567. The molecule has 3 unspecified atom stereocenters. The zero-order valence-corrected chi connectivity index (χ0v) is 12.8. The summed E-state index contributed by atoms with van der Waals surface area (Å²) >= 11 is 0. The average molecular weight is 259 g/mol. The summed E-state index contributed by atoms with van der Waals surface area (Å²) in [6, 6.07) is 9.48. The van der Waals surface area contributed by atoms with Crippen LogP contribution in [0.15, 0.2) is 24.3 Å². The molecule has 19 heavy (non-hydrogen) atoms. The predicted octanol–water partition coefficient (Wildman–Crippen LogP) is 4.86. The second-order valence-electron chi connectivity index (χ2n) is 6.14. The Balaban J connectivity index is 2.14. The lowest BCUT2D eigenvalue weighted by Gasteiger charge is -2.27. The van der Waals surface area contributed by atoms with Crippen molar-refractivity contribution in [2.45, 2.75) is 58.9 Å². The molecule has 0 bridgehead atoms. The fourth-order valence-electron chi connectivity index (χ4n) is 3.55. The van der Waals surface area contributed by atoms with Gasteiger partial charge < -0.3 is 5.32 Å². The molecule has 0 aromatic heterocycles. The van der Waals surface area contributed by atoms with E-state index in [-0.39, 0.29) is 0 Å². The molecule has 0 spiro atoms. The molecular weight excluding hydrogens is 230 g/mol. The number of aryl methyl sites for hydroxylation is 1. The average Bonchev–Trinajstić information content (AvgIpc) is 2.90. The van der Waals surface area contributed by atoms with E-state index in [1.165, 1.54) is 43.2 Å². The van der Waals surface area contributed by atoms with Gasteiger partial charge in [-0.05, 0) is 55.7 Å². The molecule has 1 aromatic rings. The number of rotatable bonds is 6. The van der Waals surface area contributed by atoms with E-state index in [1.807, 2.05) is 0 Å². The van der Waals surface area contributed by atoms with Crippen LogP contribution in [0.1, 0.15) is 63.1 Å². The minimum Gasteiger partial charge on any atom is -0.310 e. The molecule has 0 heterocycles. The summed E-state index contributed by atoms with van der Waals surface area (Å²) in [7, 11) is 0. The van der Waals surface area contributed by atoms with Gasteiger partial charge in [-0.3, -0.25) is 0 Å². The molecule has 1 aliphatic carbocycles. The highest BCUT2D eigenvalue weighted by atomic mass is 14.9. The highest BCUT2D eigenvalue weighted by Crippen LogP contribution is 2.41. The Labute approximate surface area is 118 Å². The van der Waals surface area contributed by atoms with Crippen LogP contribution >= 0.6 is 0 Å². The first-order chi connectivity index (χ1) is 9.26. The Bertz CT molecular complexity index is 385. The molecule has 0 aliphatic heterocycles. The van der Waals surface area contributed by atoms with Gasteiger partial charge in [0.1, 0.15) is 0 Å². The number of nitrogens with one attached hydrogen (secondary N) is 1. The third-order valence-corrected chi connectivity index (χ3v) is 4.77. The molecule has 106 valence electrons. The number of benzene rings is 1. The Morgan fingerprint density at radius 2 is 2.00 bits per heavy atom. The molecule has 1 N–H and O–H groups in total. The van der Waals surface area contributed by atoms with Gasteiger partial charge in [-0.25, -0.2) is 0 Å². The lowest BCUT2D eigenvalue weighted by molar-refractivity contribution is 0.353. The van der Waals surface area contributed by atoms with Gasteiger partial charge in [0, 0.05) is 6.04 Å². The van der Waals surface area contributed by atoms with Gasteiger partial charge in [0.25, 0.3) is 0 Å². The maximum Gasteiger partial charge on any atom is 0.0351 e. The smallest absolute Gasteiger partial charge is 0.0351 e. The van der Waals surface area contributed by atoms with Gasteiger partial charge >= 0.3 is 0 Å². The summed E-state index contributed by atoms with van der Waals surface area (Å²) in [5.74, 6) is 1.79. The summed E-state index contributed by atoms with van der Waals surface area (Å²) in [4.78, 5) is 0. The SMILES string of the molecule is CCCNC(c1ccccc1C)C1CCC(CC)C1. The van der Waals surface area contributed by atoms with Crippen molar-refractivity contribution in [2.24, 2.45) is 11.8 Å². The third-order valence-electron chi connectivity index (χ3n) is 4.77. The summed E-state index contributed by atoms with van der Waals surface area (Å²) in [6.45, 7) is 7.98. The monoisotopic (exact) mass is 259 g/mol. The molecule has 1 saturated carbocycles. The largest absolute Gasteiger partial charge is 0.310 e. The van der Waals surface area contributed by atoms with E-state index in [0.717, 1.165) is 18.4 Å². The van der Waals surface area contributed by atoms with Crippen molar-refractivity contribution in [3.8, 4) is 0 Å². The fraction of sp³-hybridized carbons (Fsp3) is 0.667. The normalized spacial score (nSPS) is 24.6. The fourth-order valence-corrected chi connectivity index (χ4v) is 3.55. The summed E-state index contributed by atoms with van der Waals surface area (Å²) in [5.41, 5.74) is 2.97. The molecule has 0 amide bonds. The Hall–Kier alpha value is -0.820. The van der Waals surface area contributed by atoms with E-state index < -0.39 is 0 Å². The lowest BCUT2D eigenvalue weighted by Crippen LogP contribution is -2.28. The van der Waals surface area contributed by atoms with E-state index >= 15 is 0 Å². The second-order valence-corrected chi connectivity index (χ2v) is 6.14. The Morgan fingerprint density at radius 3 is 2.63 bits per heavy atom. The van der Waals surface area contributed by atoms with Crippen LogP contribution in [0.5, 0.6) is 0 Å². The molecule has 1 fully saturated rings. The van der Waals surface area contributed by atoms with Gasteiger partial charge in [0.2, 0.25) is 0 Å². The van der Waals surface area contributed by atoms with E-state index in [9.17, 15) is 0 Å². The highest BCUT2D eigenvalue weighted by Gasteiger charge is 2.31. The van der Waals surface area contributed by atoms with Crippen LogP contribution in [0.4, 0.5) is 0 Å². The zero-order valence-electron chi connectivity index (χ0n) is 12.8. The predicted molar refractivity (Wildman–Crippen MR) is 83.3 cm³/mol. The van der Waals surface area contributed by atoms with Crippen molar-refractivity contribution in [3.05, 3.63) is 35.4 Å². The van der Waals surface area contributed by atoms with Crippen molar-refractivity contribution in [1.82, 2.24) is 5.32 Å². The molecule has 2 rings (SSSR count).